The Bertz CT molecular complexity index is 392. The number of aromatic amines is 1. The van der Waals surface area contributed by atoms with Crippen molar-refractivity contribution in [3.05, 3.63) is 24.8 Å². The van der Waals surface area contributed by atoms with Gasteiger partial charge in [0.25, 0.3) is 0 Å². The molecule has 0 aliphatic rings. The Labute approximate surface area is 77.4 Å². The van der Waals surface area contributed by atoms with Gasteiger partial charge in [0.15, 0.2) is 12.4 Å². The third-order valence-corrected chi connectivity index (χ3v) is 2.19. The van der Waals surface area contributed by atoms with Gasteiger partial charge in [-0.3, -0.25) is 0 Å². The topological polar surface area (TPSA) is 32.6 Å². The van der Waals surface area contributed by atoms with Crippen LogP contribution in [-0.4, -0.2) is 9.97 Å². The van der Waals surface area contributed by atoms with Crippen molar-refractivity contribution in [2.45, 2.75) is 26.3 Å². The number of aromatic nitrogens is 3. The average molecular weight is 176 g/mol. The van der Waals surface area contributed by atoms with Crippen LogP contribution in [0.1, 0.15) is 19.8 Å². The van der Waals surface area contributed by atoms with Crippen molar-refractivity contribution in [3.63, 3.8) is 0 Å². The monoisotopic (exact) mass is 176 g/mol. The molecule has 0 fully saturated rings. The van der Waals surface area contributed by atoms with Crippen molar-refractivity contribution in [1.82, 2.24) is 9.97 Å². The number of H-pyrrole nitrogens is 1. The summed E-state index contributed by atoms with van der Waals surface area (Å²) in [5.41, 5.74) is 2.14. The van der Waals surface area contributed by atoms with Crippen molar-refractivity contribution in [1.29, 1.82) is 0 Å². The Kier molecular flexibility index (Phi) is 2.25. The Hall–Kier alpha value is -1.38. The molecule has 68 valence electrons. The standard InChI is InChI=1S/C10H13N3/c1-2-3-5-13-6-4-9-10(7-13)12-8-11-9/h4,6-8H,2-3,5H2,1H3/p+1. The number of pyridine rings is 1. The zero-order valence-electron chi connectivity index (χ0n) is 7.83. The first-order valence-corrected chi connectivity index (χ1v) is 4.72. The Morgan fingerprint density at radius 2 is 2.46 bits per heavy atom. The fourth-order valence-electron chi connectivity index (χ4n) is 1.41. The van der Waals surface area contributed by atoms with Crippen LogP contribution in [0.25, 0.3) is 11.0 Å². The second-order valence-corrected chi connectivity index (χ2v) is 3.24. The van der Waals surface area contributed by atoms with Crippen molar-refractivity contribution >= 4 is 11.0 Å². The van der Waals surface area contributed by atoms with Crippen molar-refractivity contribution in [2.24, 2.45) is 0 Å². The molecule has 2 rings (SSSR count). The van der Waals surface area contributed by atoms with E-state index in [1.807, 2.05) is 6.07 Å². The maximum Gasteiger partial charge on any atom is 0.194 e. The fraction of sp³-hybridized carbons (Fsp3) is 0.400. The first kappa shape index (κ1) is 8.23. The molecule has 3 heteroatoms. The molecule has 0 bridgehead atoms. The van der Waals surface area contributed by atoms with Gasteiger partial charge in [-0.2, -0.15) is 0 Å². The van der Waals surface area contributed by atoms with Gasteiger partial charge in [0.1, 0.15) is 17.6 Å². The van der Waals surface area contributed by atoms with Gasteiger partial charge in [-0.05, 0) is 0 Å². The van der Waals surface area contributed by atoms with Gasteiger partial charge in [-0.1, -0.05) is 13.3 Å². The zero-order chi connectivity index (χ0) is 9.10. The van der Waals surface area contributed by atoms with Crippen LogP contribution in [0.5, 0.6) is 0 Å². The summed E-state index contributed by atoms with van der Waals surface area (Å²) in [5.74, 6) is 0. The van der Waals surface area contributed by atoms with E-state index < -0.39 is 0 Å². The number of unbranched alkanes of at least 4 members (excludes halogenated alkanes) is 1. The minimum absolute atomic E-state index is 1.03. The highest BCUT2D eigenvalue weighted by molar-refractivity contribution is 5.71. The van der Waals surface area contributed by atoms with E-state index in [4.69, 9.17) is 0 Å². The molecule has 0 aliphatic carbocycles. The quantitative estimate of drug-likeness (QED) is 0.709. The lowest BCUT2D eigenvalue weighted by Gasteiger charge is -1.93. The van der Waals surface area contributed by atoms with Crippen LogP contribution in [0, 0.1) is 0 Å². The Morgan fingerprint density at radius 1 is 1.54 bits per heavy atom. The van der Waals surface area contributed by atoms with E-state index in [1.54, 1.807) is 6.33 Å². The summed E-state index contributed by atoms with van der Waals surface area (Å²) >= 11 is 0. The summed E-state index contributed by atoms with van der Waals surface area (Å²) in [7, 11) is 0. The maximum atomic E-state index is 4.17. The molecular formula is C10H14N3+. The average Bonchev–Trinajstić information content (AvgIpc) is 2.61. The van der Waals surface area contributed by atoms with Crippen LogP contribution in [0.2, 0.25) is 0 Å². The molecule has 13 heavy (non-hydrogen) atoms. The Morgan fingerprint density at radius 3 is 3.31 bits per heavy atom. The van der Waals surface area contributed by atoms with Crippen molar-refractivity contribution in [2.75, 3.05) is 0 Å². The first-order valence-electron chi connectivity index (χ1n) is 4.72. The number of fused-ring (bicyclic) bond motifs is 1. The van der Waals surface area contributed by atoms with Crippen LogP contribution < -0.4 is 4.57 Å². The maximum absolute atomic E-state index is 4.17. The summed E-state index contributed by atoms with van der Waals surface area (Å²) in [5, 5.41) is 0. The number of hydrogen-bond acceptors (Lipinski definition) is 1. The van der Waals surface area contributed by atoms with E-state index in [1.165, 1.54) is 12.8 Å². The third-order valence-electron chi connectivity index (χ3n) is 2.19. The highest BCUT2D eigenvalue weighted by Crippen LogP contribution is 2.03. The molecule has 0 atom stereocenters. The predicted octanol–water partition coefficient (Wildman–Crippen LogP) is 1.65. The van der Waals surface area contributed by atoms with Gasteiger partial charge in [-0.15, -0.1) is 0 Å². The third kappa shape index (κ3) is 1.69. The molecule has 0 spiro atoms. The lowest BCUT2D eigenvalue weighted by Crippen LogP contribution is -2.32. The number of aryl methyl sites for hydroxylation is 1. The van der Waals surface area contributed by atoms with Gasteiger partial charge < -0.3 is 4.98 Å². The van der Waals surface area contributed by atoms with Gasteiger partial charge in [0.05, 0.1) is 6.33 Å². The molecule has 2 aromatic heterocycles. The number of hydrogen-bond donors (Lipinski definition) is 1. The second-order valence-electron chi connectivity index (χ2n) is 3.24. The van der Waals surface area contributed by atoms with Crippen LogP contribution in [0.15, 0.2) is 24.8 Å². The van der Waals surface area contributed by atoms with Crippen molar-refractivity contribution in [3.8, 4) is 0 Å². The molecule has 0 aromatic carbocycles. The van der Waals surface area contributed by atoms with E-state index in [9.17, 15) is 0 Å². The molecule has 0 unspecified atom stereocenters. The number of nitrogens with zero attached hydrogens (tertiary/aromatic N) is 2. The number of nitrogens with one attached hydrogen (secondary N) is 1. The lowest BCUT2D eigenvalue weighted by molar-refractivity contribution is -0.696. The molecule has 0 aliphatic heterocycles. The van der Waals surface area contributed by atoms with E-state index >= 15 is 0 Å². The van der Waals surface area contributed by atoms with Crippen LogP contribution in [0.3, 0.4) is 0 Å². The number of rotatable bonds is 3. The molecule has 0 saturated heterocycles. The van der Waals surface area contributed by atoms with Gasteiger partial charge in [-0.25, -0.2) is 9.55 Å². The summed E-state index contributed by atoms with van der Waals surface area (Å²) < 4.78 is 2.20. The van der Waals surface area contributed by atoms with E-state index in [2.05, 4.69) is 33.9 Å². The Balaban J connectivity index is 2.26. The highest BCUT2D eigenvalue weighted by Gasteiger charge is 2.02. The van der Waals surface area contributed by atoms with Gasteiger partial charge in [0, 0.05) is 12.5 Å². The number of imidazole rings is 1. The largest absolute Gasteiger partial charge is 0.340 e. The minimum atomic E-state index is 1.03. The van der Waals surface area contributed by atoms with Crippen molar-refractivity contribution < 1.29 is 4.57 Å². The van der Waals surface area contributed by atoms with E-state index in [0.717, 1.165) is 17.6 Å². The fourth-order valence-corrected chi connectivity index (χ4v) is 1.41. The molecule has 3 nitrogen and oxygen atoms in total. The molecule has 2 heterocycles. The molecule has 0 saturated carbocycles. The first-order chi connectivity index (χ1) is 6.40. The molecule has 0 amide bonds. The lowest BCUT2D eigenvalue weighted by atomic mass is 10.3. The summed E-state index contributed by atoms with van der Waals surface area (Å²) in [6.45, 7) is 3.29. The summed E-state index contributed by atoms with van der Waals surface area (Å²) in [6.07, 6.45) is 8.38. The van der Waals surface area contributed by atoms with Crippen LogP contribution in [0.4, 0.5) is 0 Å². The molecule has 2 aromatic rings. The normalized spacial score (nSPS) is 10.8. The predicted molar refractivity (Wildman–Crippen MR) is 51.2 cm³/mol. The summed E-state index contributed by atoms with van der Waals surface area (Å²) in [4.78, 5) is 7.28. The van der Waals surface area contributed by atoms with Crippen LogP contribution in [-0.2, 0) is 6.54 Å². The second kappa shape index (κ2) is 3.56. The van der Waals surface area contributed by atoms with Gasteiger partial charge >= 0.3 is 0 Å². The smallest absolute Gasteiger partial charge is 0.194 e. The van der Waals surface area contributed by atoms with E-state index in [0.29, 0.717) is 0 Å². The van der Waals surface area contributed by atoms with E-state index in [-0.39, 0.29) is 0 Å². The summed E-state index contributed by atoms with van der Waals surface area (Å²) in [6, 6.07) is 2.04. The molecule has 1 N–H and O–H groups in total. The highest BCUT2D eigenvalue weighted by atomic mass is 15.0. The minimum Gasteiger partial charge on any atom is -0.340 e. The van der Waals surface area contributed by atoms with Crippen LogP contribution >= 0.6 is 0 Å². The SMILES string of the molecule is CCCC[n+]1ccc2nc[nH]c2c1. The van der Waals surface area contributed by atoms with Gasteiger partial charge in [0.2, 0.25) is 0 Å². The molecule has 0 radical (unpaired) electrons. The molecular weight excluding hydrogens is 162 g/mol. The zero-order valence-corrected chi connectivity index (χ0v) is 7.83.